The van der Waals surface area contributed by atoms with Gasteiger partial charge < -0.3 is 14.7 Å². The molecule has 0 spiro atoms. The lowest BCUT2D eigenvalue weighted by atomic mass is 9.65. The fraction of sp³-hybridized carbons (Fsp3) is 0.875. The number of amides is 1. The molecule has 21 heavy (non-hydrogen) atoms. The van der Waals surface area contributed by atoms with Gasteiger partial charge in [-0.1, -0.05) is 13.3 Å². The molecule has 2 rings (SSSR count). The maximum absolute atomic E-state index is 12.8. The Balaban J connectivity index is 1.94. The summed E-state index contributed by atoms with van der Waals surface area (Å²) in [6.45, 7) is 6.39. The van der Waals surface area contributed by atoms with E-state index in [-0.39, 0.29) is 23.2 Å². The smallest absolute Gasteiger partial charge is 0.306 e. The molecule has 1 N–H and O–H groups in total. The first-order valence-corrected chi connectivity index (χ1v) is 8.10. The minimum absolute atomic E-state index is 0.0317. The van der Waals surface area contributed by atoms with Crippen LogP contribution in [0.2, 0.25) is 0 Å². The Morgan fingerprint density at radius 2 is 2.10 bits per heavy atom. The molecule has 1 aliphatic heterocycles. The summed E-state index contributed by atoms with van der Waals surface area (Å²) in [4.78, 5) is 25.9. The van der Waals surface area contributed by atoms with Gasteiger partial charge in [-0.05, 0) is 38.5 Å². The summed E-state index contributed by atoms with van der Waals surface area (Å²) >= 11 is 0. The SMILES string of the molecule is CCOCCC1(C(=O)N2CCC(C(=O)O)C(C)C2)CCC1. The van der Waals surface area contributed by atoms with E-state index in [4.69, 9.17) is 4.74 Å². The lowest BCUT2D eigenvalue weighted by Gasteiger charge is -2.46. The maximum Gasteiger partial charge on any atom is 0.306 e. The molecule has 1 heterocycles. The van der Waals surface area contributed by atoms with E-state index >= 15 is 0 Å². The van der Waals surface area contributed by atoms with E-state index in [1.807, 2.05) is 18.7 Å². The number of carboxylic acids is 1. The second-order valence-electron chi connectivity index (χ2n) is 6.54. The quantitative estimate of drug-likeness (QED) is 0.763. The zero-order valence-electron chi connectivity index (χ0n) is 13.1. The van der Waals surface area contributed by atoms with Crippen LogP contribution in [0.5, 0.6) is 0 Å². The highest BCUT2D eigenvalue weighted by molar-refractivity contribution is 5.84. The van der Waals surface area contributed by atoms with Crippen molar-refractivity contribution in [2.75, 3.05) is 26.3 Å². The molecular weight excluding hydrogens is 270 g/mol. The largest absolute Gasteiger partial charge is 0.481 e. The zero-order chi connectivity index (χ0) is 15.5. The molecule has 0 aromatic rings. The van der Waals surface area contributed by atoms with Gasteiger partial charge in [0, 0.05) is 26.3 Å². The fourth-order valence-corrected chi connectivity index (χ4v) is 3.62. The van der Waals surface area contributed by atoms with E-state index in [0.29, 0.717) is 32.7 Å². The summed E-state index contributed by atoms with van der Waals surface area (Å²) in [7, 11) is 0. The molecule has 2 atom stereocenters. The third-order valence-electron chi connectivity index (χ3n) is 5.20. The van der Waals surface area contributed by atoms with Crippen LogP contribution < -0.4 is 0 Å². The highest BCUT2D eigenvalue weighted by Crippen LogP contribution is 2.46. The molecule has 1 saturated heterocycles. The molecule has 120 valence electrons. The van der Waals surface area contributed by atoms with Gasteiger partial charge in [0.05, 0.1) is 11.3 Å². The number of nitrogens with zero attached hydrogens (tertiary/aromatic N) is 1. The lowest BCUT2D eigenvalue weighted by molar-refractivity contribution is -0.156. The summed E-state index contributed by atoms with van der Waals surface area (Å²) in [5.74, 6) is -0.785. The van der Waals surface area contributed by atoms with Gasteiger partial charge in [-0.25, -0.2) is 0 Å². The number of piperidine rings is 1. The van der Waals surface area contributed by atoms with Crippen LogP contribution in [-0.4, -0.2) is 48.2 Å². The van der Waals surface area contributed by atoms with Gasteiger partial charge in [0.25, 0.3) is 0 Å². The van der Waals surface area contributed by atoms with Gasteiger partial charge in [0.1, 0.15) is 0 Å². The third kappa shape index (κ3) is 3.39. The van der Waals surface area contributed by atoms with Crippen molar-refractivity contribution in [3.05, 3.63) is 0 Å². The molecule has 1 saturated carbocycles. The minimum Gasteiger partial charge on any atom is -0.481 e. The zero-order valence-corrected chi connectivity index (χ0v) is 13.1. The predicted molar refractivity (Wildman–Crippen MR) is 78.9 cm³/mol. The number of ether oxygens (including phenoxy) is 1. The normalized spacial score (nSPS) is 28.0. The van der Waals surface area contributed by atoms with Crippen molar-refractivity contribution < 1.29 is 19.4 Å². The number of aliphatic carboxylic acids is 1. The van der Waals surface area contributed by atoms with Crippen LogP contribution >= 0.6 is 0 Å². The standard InChI is InChI=1S/C16H27NO4/c1-3-21-10-8-16(6-4-7-16)15(20)17-9-5-13(14(18)19)12(2)11-17/h12-13H,3-11H2,1-2H3,(H,18,19). The van der Waals surface area contributed by atoms with E-state index in [2.05, 4.69) is 0 Å². The van der Waals surface area contributed by atoms with Crippen molar-refractivity contribution in [2.24, 2.45) is 17.3 Å². The van der Waals surface area contributed by atoms with Crippen LogP contribution in [0, 0.1) is 17.3 Å². The maximum atomic E-state index is 12.8. The summed E-state index contributed by atoms with van der Waals surface area (Å²) < 4.78 is 5.42. The topological polar surface area (TPSA) is 66.8 Å². The van der Waals surface area contributed by atoms with Crippen molar-refractivity contribution >= 4 is 11.9 Å². The highest BCUT2D eigenvalue weighted by atomic mass is 16.5. The van der Waals surface area contributed by atoms with Gasteiger partial charge in [0.15, 0.2) is 0 Å². The van der Waals surface area contributed by atoms with Crippen molar-refractivity contribution in [1.82, 2.24) is 4.90 Å². The van der Waals surface area contributed by atoms with E-state index in [1.54, 1.807) is 0 Å². The van der Waals surface area contributed by atoms with Gasteiger partial charge in [0.2, 0.25) is 5.91 Å². The summed E-state index contributed by atoms with van der Waals surface area (Å²) in [6, 6.07) is 0. The number of likely N-dealkylation sites (tertiary alicyclic amines) is 1. The van der Waals surface area contributed by atoms with Crippen LogP contribution in [0.3, 0.4) is 0 Å². The molecular formula is C16H27NO4. The average molecular weight is 297 g/mol. The molecule has 0 aromatic carbocycles. The number of rotatable bonds is 6. The Labute approximate surface area is 126 Å². The Morgan fingerprint density at radius 3 is 2.57 bits per heavy atom. The number of hydrogen-bond donors (Lipinski definition) is 1. The van der Waals surface area contributed by atoms with Crippen molar-refractivity contribution in [3.63, 3.8) is 0 Å². The molecule has 2 aliphatic rings. The molecule has 5 heteroatoms. The number of carbonyl (C=O) groups excluding carboxylic acids is 1. The van der Waals surface area contributed by atoms with Crippen LogP contribution in [0.4, 0.5) is 0 Å². The van der Waals surface area contributed by atoms with Crippen molar-refractivity contribution in [2.45, 2.75) is 46.0 Å². The third-order valence-corrected chi connectivity index (χ3v) is 5.20. The second-order valence-corrected chi connectivity index (χ2v) is 6.54. The van der Waals surface area contributed by atoms with Crippen molar-refractivity contribution in [1.29, 1.82) is 0 Å². The summed E-state index contributed by atoms with van der Waals surface area (Å²) in [5.41, 5.74) is -0.231. The number of carboxylic acid groups (broad SMARTS) is 1. The predicted octanol–water partition coefficient (Wildman–Crippen LogP) is 2.15. The molecule has 0 bridgehead atoms. The fourth-order valence-electron chi connectivity index (χ4n) is 3.62. The minimum atomic E-state index is -0.732. The lowest BCUT2D eigenvalue weighted by Crippen LogP contribution is -2.53. The Bertz CT molecular complexity index is 392. The average Bonchev–Trinajstić information content (AvgIpc) is 2.40. The van der Waals surface area contributed by atoms with Crippen LogP contribution in [0.1, 0.15) is 46.0 Å². The van der Waals surface area contributed by atoms with Gasteiger partial charge >= 0.3 is 5.97 Å². The van der Waals surface area contributed by atoms with E-state index in [9.17, 15) is 14.7 Å². The molecule has 1 aliphatic carbocycles. The van der Waals surface area contributed by atoms with E-state index in [1.165, 1.54) is 0 Å². The first-order chi connectivity index (χ1) is 10.00. The first kappa shape index (κ1) is 16.3. The second kappa shape index (κ2) is 6.77. The van der Waals surface area contributed by atoms with Crippen LogP contribution in [0.25, 0.3) is 0 Å². The first-order valence-electron chi connectivity index (χ1n) is 8.10. The van der Waals surface area contributed by atoms with Gasteiger partial charge in [-0.3, -0.25) is 9.59 Å². The number of hydrogen-bond acceptors (Lipinski definition) is 3. The molecule has 0 aromatic heterocycles. The molecule has 1 amide bonds. The summed E-state index contributed by atoms with van der Waals surface area (Å²) in [5, 5.41) is 9.17. The summed E-state index contributed by atoms with van der Waals surface area (Å²) in [6.07, 6.45) is 4.38. The Morgan fingerprint density at radius 1 is 1.38 bits per heavy atom. The van der Waals surface area contributed by atoms with Crippen molar-refractivity contribution in [3.8, 4) is 0 Å². The Kier molecular flexibility index (Phi) is 5.25. The van der Waals surface area contributed by atoms with Gasteiger partial charge in [-0.15, -0.1) is 0 Å². The monoisotopic (exact) mass is 297 g/mol. The van der Waals surface area contributed by atoms with Crippen LogP contribution in [0.15, 0.2) is 0 Å². The highest BCUT2D eigenvalue weighted by Gasteiger charge is 2.47. The Hall–Kier alpha value is -1.10. The molecule has 0 radical (unpaired) electrons. The van der Waals surface area contributed by atoms with E-state index < -0.39 is 5.97 Å². The van der Waals surface area contributed by atoms with Crippen LogP contribution in [-0.2, 0) is 14.3 Å². The molecule has 5 nitrogen and oxygen atoms in total. The molecule has 2 fully saturated rings. The van der Waals surface area contributed by atoms with E-state index in [0.717, 1.165) is 25.7 Å². The van der Waals surface area contributed by atoms with Gasteiger partial charge in [-0.2, -0.15) is 0 Å². The molecule has 2 unspecified atom stereocenters. The number of carbonyl (C=O) groups is 2.